The molecule has 30 heavy (non-hydrogen) atoms. The number of rotatable bonds is 8. The second-order valence-corrected chi connectivity index (χ2v) is 8.41. The Morgan fingerprint density at radius 1 is 1.20 bits per heavy atom. The average molecular weight is 408 g/mol. The number of aliphatic hydroxyl groups is 1. The molecular weight excluding hydrogens is 380 g/mol. The molecule has 2 aliphatic rings. The van der Waals surface area contributed by atoms with E-state index < -0.39 is 6.10 Å². The number of ketones is 2. The van der Waals surface area contributed by atoms with Gasteiger partial charge in [0.05, 0.1) is 25.2 Å². The van der Waals surface area contributed by atoms with E-state index in [1.165, 1.54) is 0 Å². The third kappa shape index (κ3) is 3.74. The van der Waals surface area contributed by atoms with Crippen molar-refractivity contribution in [3.63, 3.8) is 0 Å². The van der Waals surface area contributed by atoms with Crippen molar-refractivity contribution >= 4 is 11.6 Å². The van der Waals surface area contributed by atoms with Crippen LogP contribution in [0.15, 0.2) is 36.4 Å². The minimum Gasteiger partial charge on any atom is -0.497 e. The SMILES string of the molecule is CCC(=O)c1cc(C(=O)C[C@H]2C[C@@H]2C)cc2c1O[C@H](CO)[C@H]2c1cccc(OC)c1. The van der Waals surface area contributed by atoms with E-state index in [4.69, 9.17) is 9.47 Å². The van der Waals surface area contributed by atoms with E-state index in [9.17, 15) is 14.7 Å². The van der Waals surface area contributed by atoms with Crippen molar-refractivity contribution < 1.29 is 24.2 Å². The molecule has 1 N–H and O–H groups in total. The van der Waals surface area contributed by atoms with Crippen LogP contribution in [0.3, 0.4) is 0 Å². The summed E-state index contributed by atoms with van der Waals surface area (Å²) in [6, 6.07) is 11.2. The Bertz CT molecular complexity index is 979. The molecular formula is C25H28O5. The molecule has 0 aromatic heterocycles. The number of carbonyl (C=O) groups is 2. The Labute approximate surface area is 177 Å². The molecule has 0 amide bonds. The first-order valence-electron chi connectivity index (χ1n) is 10.6. The molecule has 1 aliphatic carbocycles. The molecule has 0 unspecified atom stereocenters. The summed E-state index contributed by atoms with van der Waals surface area (Å²) in [5.74, 6) is 1.94. The van der Waals surface area contributed by atoms with Crippen molar-refractivity contribution in [2.24, 2.45) is 11.8 Å². The van der Waals surface area contributed by atoms with Gasteiger partial charge in [-0.15, -0.1) is 0 Å². The zero-order valence-electron chi connectivity index (χ0n) is 17.7. The van der Waals surface area contributed by atoms with Crippen LogP contribution >= 0.6 is 0 Å². The summed E-state index contributed by atoms with van der Waals surface area (Å²) in [7, 11) is 1.61. The summed E-state index contributed by atoms with van der Waals surface area (Å²) >= 11 is 0. The van der Waals surface area contributed by atoms with Crippen LogP contribution in [0.4, 0.5) is 0 Å². The van der Waals surface area contributed by atoms with Gasteiger partial charge in [-0.25, -0.2) is 0 Å². The quantitative estimate of drug-likeness (QED) is 0.656. The lowest BCUT2D eigenvalue weighted by Gasteiger charge is -2.18. The summed E-state index contributed by atoms with van der Waals surface area (Å²) < 4.78 is 11.4. The van der Waals surface area contributed by atoms with Gasteiger partial charge in [0.1, 0.15) is 17.6 Å². The molecule has 1 heterocycles. The Morgan fingerprint density at radius 2 is 1.97 bits per heavy atom. The summed E-state index contributed by atoms with van der Waals surface area (Å²) in [5, 5.41) is 10.0. The fraction of sp³-hybridized carbons (Fsp3) is 0.440. The number of methoxy groups -OCH3 is 1. The topological polar surface area (TPSA) is 72.8 Å². The highest BCUT2D eigenvalue weighted by Gasteiger charge is 2.39. The predicted molar refractivity (Wildman–Crippen MR) is 114 cm³/mol. The number of hydrogen-bond donors (Lipinski definition) is 1. The third-order valence-corrected chi connectivity index (χ3v) is 6.39. The minimum atomic E-state index is -0.524. The van der Waals surface area contributed by atoms with Gasteiger partial charge >= 0.3 is 0 Å². The molecule has 158 valence electrons. The summed E-state index contributed by atoms with van der Waals surface area (Å²) in [4.78, 5) is 25.7. The van der Waals surface area contributed by atoms with Crippen molar-refractivity contribution in [3.8, 4) is 11.5 Å². The number of fused-ring (bicyclic) bond motifs is 1. The number of aliphatic hydroxyl groups excluding tert-OH is 1. The maximum Gasteiger partial charge on any atom is 0.166 e. The first-order chi connectivity index (χ1) is 14.5. The minimum absolute atomic E-state index is 0.0640. The van der Waals surface area contributed by atoms with Gasteiger partial charge in [0, 0.05) is 24.0 Å². The normalized spacial score (nSPS) is 24.1. The molecule has 0 bridgehead atoms. The molecule has 1 fully saturated rings. The van der Waals surface area contributed by atoms with Crippen LogP contribution in [0.2, 0.25) is 0 Å². The van der Waals surface area contributed by atoms with E-state index in [1.807, 2.05) is 30.3 Å². The lowest BCUT2D eigenvalue weighted by Crippen LogP contribution is -2.24. The molecule has 0 spiro atoms. The second kappa shape index (κ2) is 8.23. The van der Waals surface area contributed by atoms with Crippen molar-refractivity contribution in [1.29, 1.82) is 0 Å². The molecule has 1 saturated carbocycles. The zero-order valence-corrected chi connectivity index (χ0v) is 17.7. The van der Waals surface area contributed by atoms with Crippen LogP contribution < -0.4 is 9.47 Å². The molecule has 1 aliphatic heterocycles. The Kier molecular flexibility index (Phi) is 5.65. The van der Waals surface area contributed by atoms with E-state index in [-0.39, 0.29) is 24.1 Å². The first-order valence-corrected chi connectivity index (χ1v) is 10.6. The van der Waals surface area contributed by atoms with Crippen LogP contribution in [-0.2, 0) is 0 Å². The summed E-state index contributed by atoms with van der Waals surface area (Å²) in [6.07, 6.45) is 1.39. The molecule has 2 aromatic carbocycles. The van der Waals surface area contributed by atoms with Crippen molar-refractivity contribution in [2.75, 3.05) is 13.7 Å². The fourth-order valence-electron chi connectivity index (χ4n) is 4.40. The Morgan fingerprint density at radius 3 is 2.60 bits per heavy atom. The van der Waals surface area contributed by atoms with E-state index >= 15 is 0 Å². The van der Waals surface area contributed by atoms with Crippen LogP contribution in [0.5, 0.6) is 11.5 Å². The van der Waals surface area contributed by atoms with Crippen LogP contribution in [0, 0.1) is 11.8 Å². The molecule has 0 radical (unpaired) electrons. The molecule has 2 aromatic rings. The van der Waals surface area contributed by atoms with Crippen LogP contribution in [0.1, 0.15) is 70.9 Å². The van der Waals surface area contributed by atoms with Gasteiger partial charge in [0.25, 0.3) is 0 Å². The lowest BCUT2D eigenvalue weighted by atomic mass is 9.85. The highest BCUT2D eigenvalue weighted by Crippen LogP contribution is 2.47. The Hall–Kier alpha value is -2.66. The van der Waals surface area contributed by atoms with Gasteiger partial charge < -0.3 is 14.6 Å². The Balaban J connectivity index is 1.81. The fourth-order valence-corrected chi connectivity index (χ4v) is 4.40. The van der Waals surface area contributed by atoms with Crippen LogP contribution in [-0.4, -0.2) is 36.5 Å². The number of benzene rings is 2. The lowest BCUT2D eigenvalue weighted by molar-refractivity contribution is 0.0971. The maximum absolute atomic E-state index is 13.0. The first kappa shape index (κ1) is 20.6. The molecule has 0 saturated heterocycles. The van der Waals surface area contributed by atoms with E-state index in [0.29, 0.717) is 47.3 Å². The van der Waals surface area contributed by atoms with Gasteiger partial charge in [0.15, 0.2) is 11.6 Å². The number of ether oxygens (including phenoxy) is 2. The van der Waals surface area contributed by atoms with E-state index in [0.717, 1.165) is 17.5 Å². The van der Waals surface area contributed by atoms with Gasteiger partial charge in [-0.3, -0.25) is 9.59 Å². The molecule has 5 nitrogen and oxygen atoms in total. The van der Waals surface area contributed by atoms with Crippen molar-refractivity contribution in [2.45, 2.75) is 45.1 Å². The highest BCUT2D eigenvalue weighted by atomic mass is 16.5. The van der Waals surface area contributed by atoms with Gasteiger partial charge in [-0.05, 0) is 48.1 Å². The molecule has 4 rings (SSSR count). The van der Waals surface area contributed by atoms with Gasteiger partial charge in [-0.1, -0.05) is 26.0 Å². The van der Waals surface area contributed by atoms with Crippen molar-refractivity contribution in [1.82, 2.24) is 0 Å². The second-order valence-electron chi connectivity index (χ2n) is 8.41. The maximum atomic E-state index is 13.0. The molecule has 4 atom stereocenters. The van der Waals surface area contributed by atoms with Crippen molar-refractivity contribution in [3.05, 3.63) is 58.7 Å². The summed E-state index contributed by atoms with van der Waals surface area (Å²) in [5.41, 5.74) is 2.70. The monoisotopic (exact) mass is 408 g/mol. The van der Waals surface area contributed by atoms with Gasteiger partial charge in [0.2, 0.25) is 0 Å². The smallest absolute Gasteiger partial charge is 0.166 e. The number of carbonyl (C=O) groups excluding carboxylic acids is 2. The average Bonchev–Trinajstić information content (AvgIpc) is 3.32. The third-order valence-electron chi connectivity index (χ3n) is 6.39. The zero-order chi connectivity index (χ0) is 21.4. The highest BCUT2D eigenvalue weighted by molar-refractivity contribution is 6.04. The number of hydrogen-bond acceptors (Lipinski definition) is 5. The largest absolute Gasteiger partial charge is 0.497 e. The standard InChI is InChI=1S/C25H28O5/c1-4-21(27)19-10-17(22(28)12-16-8-14(16)2)11-20-24(23(13-26)30-25(19)20)15-6-5-7-18(9-15)29-3/h5-7,9-11,14,16,23-24,26H,4,8,12-13H2,1-3H3/t14-,16+,23+,24-/m0/s1. The predicted octanol–water partition coefficient (Wildman–Crippen LogP) is 4.40. The number of Topliss-reactive ketones (excluding diaryl/α,β-unsaturated/α-hetero) is 2. The molecule has 5 heteroatoms. The van der Waals surface area contributed by atoms with E-state index in [1.54, 1.807) is 20.1 Å². The summed E-state index contributed by atoms with van der Waals surface area (Å²) in [6.45, 7) is 3.76. The van der Waals surface area contributed by atoms with Gasteiger partial charge in [-0.2, -0.15) is 0 Å². The van der Waals surface area contributed by atoms with Crippen LogP contribution in [0.25, 0.3) is 0 Å². The van der Waals surface area contributed by atoms with E-state index in [2.05, 4.69) is 6.92 Å².